The van der Waals surface area contributed by atoms with E-state index in [2.05, 4.69) is 0 Å². The number of nitrogens with two attached hydrogens (primary N) is 1. The zero-order valence-electron chi connectivity index (χ0n) is 11.2. The lowest BCUT2D eigenvalue weighted by Crippen LogP contribution is -2.35. The Morgan fingerprint density at radius 1 is 1.22 bits per heavy atom. The third-order valence-corrected chi connectivity index (χ3v) is 4.33. The summed E-state index contributed by atoms with van der Waals surface area (Å²) in [7, 11) is 0. The van der Waals surface area contributed by atoms with Gasteiger partial charge in [-0.25, -0.2) is 0 Å². The molecule has 1 fully saturated rings. The highest BCUT2D eigenvalue weighted by molar-refractivity contribution is 5.97. The van der Waals surface area contributed by atoms with Gasteiger partial charge in [0.1, 0.15) is 0 Å². The van der Waals surface area contributed by atoms with Crippen LogP contribution in [0.5, 0.6) is 0 Å². The molecule has 1 aliphatic carbocycles. The van der Waals surface area contributed by atoms with E-state index in [1.54, 1.807) is 0 Å². The minimum Gasteiger partial charge on any atom is -0.330 e. The summed E-state index contributed by atoms with van der Waals surface area (Å²) in [5.41, 5.74) is 7.96. The lowest BCUT2D eigenvalue weighted by atomic mass is 9.70. The number of carbonyl (C=O) groups is 1. The molecule has 0 unspecified atom stereocenters. The largest absolute Gasteiger partial charge is 0.330 e. The molecule has 0 amide bonds. The Hall–Kier alpha value is -1.15. The third-order valence-electron chi connectivity index (χ3n) is 4.33. The quantitative estimate of drug-likeness (QED) is 0.825. The average Bonchev–Trinajstić information content (AvgIpc) is 2.40. The minimum absolute atomic E-state index is 0.0671. The van der Waals surface area contributed by atoms with Gasteiger partial charge >= 0.3 is 0 Å². The van der Waals surface area contributed by atoms with Crippen molar-refractivity contribution in [2.75, 3.05) is 6.54 Å². The van der Waals surface area contributed by atoms with Crippen LogP contribution in [0.15, 0.2) is 24.3 Å². The number of benzene rings is 1. The van der Waals surface area contributed by atoms with Crippen molar-refractivity contribution in [1.29, 1.82) is 0 Å². The smallest absolute Gasteiger partial charge is 0.163 e. The summed E-state index contributed by atoms with van der Waals surface area (Å²) < 4.78 is 0. The second-order valence-corrected chi connectivity index (χ2v) is 5.68. The van der Waals surface area contributed by atoms with Gasteiger partial charge in [0, 0.05) is 12.0 Å². The number of ketones is 1. The van der Waals surface area contributed by atoms with Gasteiger partial charge in [-0.1, -0.05) is 43.5 Å². The Morgan fingerprint density at radius 3 is 2.50 bits per heavy atom. The topological polar surface area (TPSA) is 43.1 Å². The molecule has 18 heavy (non-hydrogen) atoms. The Labute approximate surface area is 110 Å². The standard InChI is InChI=1S/C16H23NO/c1-13-7-3-4-8-14(13)15(18)11-16(12-17)9-5-2-6-10-16/h3-4,7-8H,2,5-6,9-12,17H2,1H3. The van der Waals surface area contributed by atoms with Crippen LogP contribution in [0.2, 0.25) is 0 Å². The highest BCUT2D eigenvalue weighted by Gasteiger charge is 2.33. The van der Waals surface area contributed by atoms with Gasteiger partial charge in [0.2, 0.25) is 0 Å². The monoisotopic (exact) mass is 245 g/mol. The molecular formula is C16H23NO. The van der Waals surface area contributed by atoms with Crippen LogP contribution in [0.3, 0.4) is 0 Å². The van der Waals surface area contributed by atoms with E-state index in [9.17, 15) is 4.79 Å². The maximum absolute atomic E-state index is 12.4. The van der Waals surface area contributed by atoms with E-state index in [1.807, 2.05) is 31.2 Å². The van der Waals surface area contributed by atoms with E-state index in [0.717, 1.165) is 24.0 Å². The Morgan fingerprint density at radius 2 is 1.89 bits per heavy atom. The third kappa shape index (κ3) is 2.81. The van der Waals surface area contributed by atoms with Crippen LogP contribution >= 0.6 is 0 Å². The maximum Gasteiger partial charge on any atom is 0.163 e. The highest BCUT2D eigenvalue weighted by atomic mass is 16.1. The molecule has 1 aromatic carbocycles. The van der Waals surface area contributed by atoms with E-state index in [0.29, 0.717) is 13.0 Å². The molecule has 0 radical (unpaired) electrons. The van der Waals surface area contributed by atoms with Crippen LogP contribution in [0.4, 0.5) is 0 Å². The number of hydrogen-bond acceptors (Lipinski definition) is 2. The lowest BCUT2D eigenvalue weighted by molar-refractivity contribution is 0.0867. The van der Waals surface area contributed by atoms with Crippen molar-refractivity contribution in [2.45, 2.75) is 45.4 Å². The van der Waals surface area contributed by atoms with Gasteiger partial charge in [0.25, 0.3) is 0 Å². The van der Waals surface area contributed by atoms with Crippen molar-refractivity contribution < 1.29 is 4.79 Å². The van der Waals surface area contributed by atoms with Crippen LogP contribution < -0.4 is 5.73 Å². The first kappa shape index (κ1) is 13.3. The van der Waals surface area contributed by atoms with E-state index < -0.39 is 0 Å². The van der Waals surface area contributed by atoms with E-state index in [1.165, 1.54) is 19.3 Å². The van der Waals surface area contributed by atoms with Crippen LogP contribution in [0, 0.1) is 12.3 Å². The second-order valence-electron chi connectivity index (χ2n) is 5.68. The van der Waals surface area contributed by atoms with Crippen LogP contribution in [0.1, 0.15) is 54.4 Å². The molecule has 2 heteroatoms. The fraction of sp³-hybridized carbons (Fsp3) is 0.562. The predicted molar refractivity (Wildman–Crippen MR) is 74.7 cm³/mol. The van der Waals surface area contributed by atoms with Gasteiger partial charge in [0.15, 0.2) is 5.78 Å². The molecule has 2 N–H and O–H groups in total. The summed E-state index contributed by atoms with van der Waals surface area (Å²) in [6.45, 7) is 2.65. The Bertz CT molecular complexity index is 419. The number of Topliss-reactive ketones (excluding diaryl/α,β-unsaturated/α-hetero) is 1. The van der Waals surface area contributed by atoms with E-state index in [-0.39, 0.29) is 11.2 Å². The zero-order valence-corrected chi connectivity index (χ0v) is 11.2. The van der Waals surface area contributed by atoms with Gasteiger partial charge < -0.3 is 5.73 Å². The average molecular weight is 245 g/mol. The molecule has 0 heterocycles. The van der Waals surface area contributed by atoms with Crippen molar-refractivity contribution in [3.63, 3.8) is 0 Å². The summed E-state index contributed by atoms with van der Waals surface area (Å²) in [5.74, 6) is 0.264. The molecular weight excluding hydrogens is 222 g/mol. The normalized spacial score (nSPS) is 18.6. The molecule has 98 valence electrons. The minimum atomic E-state index is 0.0671. The molecule has 1 aromatic rings. The molecule has 0 aliphatic heterocycles. The zero-order chi connectivity index (χ0) is 13.0. The molecule has 0 saturated heterocycles. The second kappa shape index (κ2) is 5.66. The molecule has 2 rings (SSSR count). The molecule has 0 atom stereocenters. The van der Waals surface area contributed by atoms with Gasteiger partial charge in [-0.15, -0.1) is 0 Å². The Kier molecular flexibility index (Phi) is 4.18. The number of rotatable bonds is 4. The first-order valence-electron chi connectivity index (χ1n) is 6.96. The fourth-order valence-corrected chi connectivity index (χ4v) is 3.08. The summed E-state index contributed by atoms with van der Waals surface area (Å²) in [6.07, 6.45) is 6.58. The first-order valence-corrected chi connectivity index (χ1v) is 6.96. The highest BCUT2D eigenvalue weighted by Crippen LogP contribution is 2.39. The molecule has 0 aromatic heterocycles. The molecule has 2 nitrogen and oxygen atoms in total. The summed E-state index contributed by atoms with van der Waals surface area (Å²) in [4.78, 5) is 12.4. The van der Waals surface area contributed by atoms with Crippen LogP contribution in [-0.2, 0) is 0 Å². The van der Waals surface area contributed by atoms with Crippen LogP contribution in [-0.4, -0.2) is 12.3 Å². The van der Waals surface area contributed by atoms with Gasteiger partial charge in [0.05, 0.1) is 0 Å². The molecule has 0 bridgehead atoms. The van der Waals surface area contributed by atoms with Crippen molar-refractivity contribution in [3.05, 3.63) is 35.4 Å². The van der Waals surface area contributed by atoms with Crippen molar-refractivity contribution in [3.8, 4) is 0 Å². The van der Waals surface area contributed by atoms with Gasteiger partial charge in [-0.05, 0) is 37.3 Å². The number of carbonyl (C=O) groups excluding carboxylic acids is 1. The maximum atomic E-state index is 12.4. The van der Waals surface area contributed by atoms with Crippen molar-refractivity contribution >= 4 is 5.78 Å². The Balaban J connectivity index is 2.13. The molecule has 1 saturated carbocycles. The van der Waals surface area contributed by atoms with Gasteiger partial charge in [-0.2, -0.15) is 0 Å². The summed E-state index contributed by atoms with van der Waals surface area (Å²) in [6, 6.07) is 7.86. The number of hydrogen-bond donors (Lipinski definition) is 1. The van der Waals surface area contributed by atoms with E-state index >= 15 is 0 Å². The van der Waals surface area contributed by atoms with Crippen LogP contribution in [0.25, 0.3) is 0 Å². The first-order chi connectivity index (χ1) is 8.67. The van der Waals surface area contributed by atoms with E-state index in [4.69, 9.17) is 5.73 Å². The predicted octanol–water partition coefficient (Wildman–Crippen LogP) is 3.48. The molecule has 1 aliphatic rings. The lowest BCUT2D eigenvalue weighted by Gasteiger charge is -2.35. The van der Waals surface area contributed by atoms with Gasteiger partial charge in [-0.3, -0.25) is 4.79 Å². The number of aryl methyl sites for hydroxylation is 1. The van der Waals surface area contributed by atoms with Crippen molar-refractivity contribution in [2.24, 2.45) is 11.1 Å². The van der Waals surface area contributed by atoms with Crippen molar-refractivity contribution in [1.82, 2.24) is 0 Å². The SMILES string of the molecule is Cc1ccccc1C(=O)CC1(CN)CCCCC1. The summed E-state index contributed by atoms with van der Waals surface area (Å²) >= 11 is 0. The fourth-order valence-electron chi connectivity index (χ4n) is 3.08. The summed E-state index contributed by atoms with van der Waals surface area (Å²) in [5, 5.41) is 0. The molecule has 0 spiro atoms.